The fourth-order valence-corrected chi connectivity index (χ4v) is 3.40. The minimum Gasteiger partial charge on any atom is -0.394 e. The number of halogens is 2. The van der Waals surface area contributed by atoms with E-state index in [-0.39, 0.29) is 12.6 Å². The number of benzene rings is 1. The molecule has 0 saturated carbocycles. The molecule has 0 saturated heterocycles. The van der Waals surface area contributed by atoms with Gasteiger partial charge < -0.3 is 10.4 Å². The van der Waals surface area contributed by atoms with Gasteiger partial charge in [0.15, 0.2) is 0 Å². The molecule has 0 bridgehead atoms. The quantitative estimate of drug-likeness (QED) is 0.827. The molecular formula is C12H11Br2NOS. The molecule has 0 aliphatic rings. The van der Waals surface area contributed by atoms with Gasteiger partial charge >= 0.3 is 0 Å². The summed E-state index contributed by atoms with van der Waals surface area (Å²) in [6.07, 6.45) is 0. The van der Waals surface area contributed by atoms with Gasteiger partial charge in [0.2, 0.25) is 0 Å². The third kappa shape index (κ3) is 3.31. The first kappa shape index (κ1) is 13.1. The van der Waals surface area contributed by atoms with Crippen molar-refractivity contribution in [2.24, 2.45) is 0 Å². The lowest BCUT2D eigenvalue weighted by molar-refractivity contribution is 0.276. The van der Waals surface area contributed by atoms with Crippen LogP contribution in [0.15, 0.2) is 44.0 Å². The molecule has 1 aromatic carbocycles. The highest BCUT2D eigenvalue weighted by molar-refractivity contribution is 9.10. The molecule has 2 aromatic rings. The van der Waals surface area contributed by atoms with E-state index in [1.165, 1.54) is 0 Å². The fourth-order valence-electron chi connectivity index (χ4n) is 1.51. The Hall–Kier alpha value is -0.360. The zero-order chi connectivity index (χ0) is 12.3. The van der Waals surface area contributed by atoms with Crippen LogP contribution in [0.4, 0.5) is 5.69 Å². The zero-order valence-corrected chi connectivity index (χ0v) is 12.8. The lowest BCUT2D eigenvalue weighted by Gasteiger charge is -2.17. The summed E-state index contributed by atoms with van der Waals surface area (Å²) in [6.45, 7) is 0.0609. The maximum Gasteiger partial charge on any atom is 0.0764 e. The second-order valence-electron chi connectivity index (χ2n) is 3.56. The van der Waals surface area contributed by atoms with E-state index >= 15 is 0 Å². The number of hydrogen-bond acceptors (Lipinski definition) is 3. The highest BCUT2D eigenvalue weighted by Crippen LogP contribution is 2.29. The molecule has 0 amide bonds. The van der Waals surface area contributed by atoms with E-state index in [1.54, 1.807) is 11.3 Å². The average Bonchev–Trinajstić information content (AvgIpc) is 2.75. The Morgan fingerprint density at radius 2 is 1.88 bits per heavy atom. The van der Waals surface area contributed by atoms with Crippen molar-refractivity contribution in [1.82, 2.24) is 0 Å². The highest BCUT2D eigenvalue weighted by atomic mass is 79.9. The first-order valence-corrected chi connectivity index (χ1v) is 7.58. The summed E-state index contributed by atoms with van der Waals surface area (Å²) in [5.74, 6) is 0. The molecule has 1 atom stereocenters. The third-order valence-electron chi connectivity index (χ3n) is 2.39. The van der Waals surface area contributed by atoms with Crippen LogP contribution < -0.4 is 5.32 Å². The highest BCUT2D eigenvalue weighted by Gasteiger charge is 2.14. The van der Waals surface area contributed by atoms with E-state index in [9.17, 15) is 5.11 Å². The van der Waals surface area contributed by atoms with E-state index in [0.29, 0.717) is 0 Å². The largest absolute Gasteiger partial charge is 0.394 e. The van der Waals surface area contributed by atoms with Crippen LogP contribution in [0.5, 0.6) is 0 Å². The van der Waals surface area contributed by atoms with Gasteiger partial charge in [-0.25, -0.2) is 0 Å². The Labute approximate surface area is 121 Å². The zero-order valence-electron chi connectivity index (χ0n) is 8.86. The van der Waals surface area contributed by atoms with Crippen LogP contribution in [0.1, 0.15) is 11.6 Å². The first-order chi connectivity index (χ1) is 8.20. The van der Waals surface area contributed by atoms with E-state index < -0.39 is 0 Å². The molecule has 2 nitrogen and oxygen atoms in total. The molecule has 1 aromatic heterocycles. The molecule has 1 unspecified atom stereocenters. The van der Waals surface area contributed by atoms with Gasteiger partial charge in [-0.1, -0.05) is 15.9 Å². The standard InChI is InChI=1S/C12H11Br2NOS/c13-8-1-3-9(4-2-8)15-12(5-16)10-6-17-7-11(10)14/h1-4,6-7,12,15-16H,5H2. The van der Waals surface area contributed by atoms with Gasteiger partial charge in [0.1, 0.15) is 0 Å². The summed E-state index contributed by atoms with van der Waals surface area (Å²) in [5, 5.41) is 16.8. The van der Waals surface area contributed by atoms with E-state index in [2.05, 4.69) is 37.2 Å². The Balaban J connectivity index is 2.16. The molecule has 1 heterocycles. The van der Waals surface area contributed by atoms with Crippen LogP contribution in [0.3, 0.4) is 0 Å². The number of nitrogens with one attached hydrogen (secondary N) is 1. The van der Waals surface area contributed by atoms with Gasteiger partial charge in [-0.3, -0.25) is 0 Å². The SMILES string of the molecule is OCC(Nc1ccc(Br)cc1)c1cscc1Br. The van der Waals surface area contributed by atoms with Gasteiger partial charge in [-0.2, -0.15) is 11.3 Å². The number of rotatable bonds is 4. The summed E-state index contributed by atoms with van der Waals surface area (Å²) >= 11 is 8.50. The van der Waals surface area contributed by atoms with Crippen molar-refractivity contribution in [2.45, 2.75) is 6.04 Å². The second kappa shape index (κ2) is 6.00. The van der Waals surface area contributed by atoms with Crippen molar-refractivity contribution in [1.29, 1.82) is 0 Å². The topological polar surface area (TPSA) is 32.3 Å². The number of anilines is 1. The molecule has 0 aliphatic carbocycles. The van der Waals surface area contributed by atoms with Crippen molar-refractivity contribution >= 4 is 48.9 Å². The predicted octanol–water partition coefficient (Wildman–Crippen LogP) is 4.42. The van der Waals surface area contributed by atoms with Gasteiger partial charge in [0.05, 0.1) is 12.6 Å². The van der Waals surface area contributed by atoms with Crippen LogP contribution in [-0.2, 0) is 0 Å². The molecule has 2 N–H and O–H groups in total. The molecule has 0 spiro atoms. The van der Waals surface area contributed by atoms with Crippen LogP contribution in [0, 0.1) is 0 Å². The minimum atomic E-state index is -0.0863. The molecule has 0 fully saturated rings. The van der Waals surface area contributed by atoms with Crippen molar-refractivity contribution in [2.75, 3.05) is 11.9 Å². The van der Waals surface area contributed by atoms with E-state index in [0.717, 1.165) is 20.2 Å². The van der Waals surface area contributed by atoms with E-state index in [1.807, 2.05) is 35.0 Å². The Morgan fingerprint density at radius 3 is 2.41 bits per heavy atom. The summed E-state index contributed by atoms with van der Waals surface area (Å²) in [7, 11) is 0. The average molecular weight is 377 g/mol. The smallest absolute Gasteiger partial charge is 0.0764 e. The van der Waals surface area contributed by atoms with Crippen LogP contribution in [0.25, 0.3) is 0 Å². The van der Waals surface area contributed by atoms with Crippen molar-refractivity contribution in [3.63, 3.8) is 0 Å². The molecule has 2 rings (SSSR count). The van der Waals surface area contributed by atoms with Crippen molar-refractivity contribution < 1.29 is 5.11 Å². The lowest BCUT2D eigenvalue weighted by Crippen LogP contribution is -2.14. The predicted molar refractivity (Wildman–Crippen MR) is 79.6 cm³/mol. The number of thiophene rings is 1. The van der Waals surface area contributed by atoms with Gasteiger partial charge in [-0.15, -0.1) is 0 Å². The number of aliphatic hydroxyl groups excluding tert-OH is 1. The summed E-state index contributed by atoms with van der Waals surface area (Å²) in [6, 6.07) is 7.82. The molecule has 0 aliphatic heterocycles. The first-order valence-electron chi connectivity index (χ1n) is 5.05. The van der Waals surface area contributed by atoms with Gasteiger partial charge in [0.25, 0.3) is 0 Å². The minimum absolute atomic E-state index is 0.0609. The monoisotopic (exact) mass is 375 g/mol. The normalized spacial score (nSPS) is 12.4. The van der Waals surface area contributed by atoms with E-state index in [4.69, 9.17) is 0 Å². The van der Waals surface area contributed by atoms with Gasteiger partial charge in [-0.05, 0) is 45.6 Å². The summed E-state index contributed by atoms with van der Waals surface area (Å²) < 4.78 is 2.08. The molecule has 17 heavy (non-hydrogen) atoms. The Bertz CT molecular complexity index is 484. The molecule has 0 radical (unpaired) electrons. The number of hydrogen-bond donors (Lipinski definition) is 2. The Kier molecular flexibility index (Phi) is 4.62. The van der Waals surface area contributed by atoms with Gasteiger partial charge in [0, 0.05) is 25.6 Å². The molecule has 90 valence electrons. The number of aliphatic hydroxyl groups is 1. The summed E-state index contributed by atoms with van der Waals surface area (Å²) in [4.78, 5) is 0. The second-order valence-corrected chi connectivity index (χ2v) is 6.08. The maximum atomic E-state index is 9.45. The maximum absolute atomic E-state index is 9.45. The lowest BCUT2D eigenvalue weighted by atomic mass is 10.1. The fraction of sp³-hybridized carbons (Fsp3) is 0.167. The van der Waals surface area contributed by atoms with Crippen molar-refractivity contribution in [3.05, 3.63) is 49.5 Å². The third-order valence-corrected chi connectivity index (χ3v) is 4.67. The molecule has 5 heteroatoms. The Morgan fingerprint density at radius 1 is 1.18 bits per heavy atom. The van der Waals surface area contributed by atoms with Crippen LogP contribution >= 0.6 is 43.2 Å². The van der Waals surface area contributed by atoms with Crippen LogP contribution in [0.2, 0.25) is 0 Å². The van der Waals surface area contributed by atoms with Crippen LogP contribution in [-0.4, -0.2) is 11.7 Å². The molecular weight excluding hydrogens is 366 g/mol. The van der Waals surface area contributed by atoms with Crippen molar-refractivity contribution in [3.8, 4) is 0 Å². The summed E-state index contributed by atoms with van der Waals surface area (Å²) in [5.41, 5.74) is 2.07.